The molecule has 0 amide bonds. The van der Waals surface area contributed by atoms with E-state index in [1.54, 1.807) is 4.52 Å². The van der Waals surface area contributed by atoms with E-state index in [0.717, 1.165) is 32.4 Å². The Balaban J connectivity index is 1.86. The van der Waals surface area contributed by atoms with Crippen molar-refractivity contribution in [3.8, 4) is 11.5 Å². The summed E-state index contributed by atoms with van der Waals surface area (Å²) in [4.78, 5) is 5.35. The summed E-state index contributed by atoms with van der Waals surface area (Å²) in [6.45, 7) is 0.438. The Labute approximate surface area is 112 Å². The molecule has 0 atom stereocenters. The van der Waals surface area contributed by atoms with Gasteiger partial charge in [0.15, 0.2) is 5.76 Å². The molecule has 3 heterocycles. The van der Waals surface area contributed by atoms with Crippen molar-refractivity contribution in [1.82, 2.24) is 14.6 Å². The summed E-state index contributed by atoms with van der Waals surface area (Å²) in [7, 11) is 0. The lowest BCUT2D eigenvalue weighted by atomic mass is 10.2. The molecule has 4 aromatic rings. The molecule has 94 valence electrons. The molecule has 19 heavy (non-hydrogen) atoms. The Morgan fingerprint density at radius 3 is 3.00 bits per heavy atom. The summed E-state index contributed by atoms with van der Waals surface area (Å²) in [5.41, 5.74) is 7.22. The summed E-state index contributed by atoms with van der Waals surface area (Å²) in [5, 5.41) is 6.28. The molecule has 4 rings (SSSR count). The highest BCUT2D eigenvalue weighted by molar-refractivity contribution is 7.16. The van der Waals surface area contributed by atoms with Crippen LogP contribution in [0.1, 0.15) is 5.01 Å². The van der Waals surface area contributed by atoms with Crippen molar-refractivity contribution in [2.45, 2.75) is 6.54 Å². The number of furan rings is 1. The topological polar surface area (TPSA) is 69.3 Å². The number of hydrogen-bond acceptors (Lipinski definition) is 5. The Hall–Kier alpha value is -2.18. The van der Waals surface area contributed by atoms with E-state index in [9.17, 15) is 0 Å². The lowest BCUT2D eigenvalue weighted by Crippen LogP contribution is -1.95. The van der Waals surface area contributed by atoms with Crippen LogP contribution in [0.15, 0.2) is 40.9 Å². The van der Waals surface area contributed by atoms with Crippen LogP contribution >= 0.6 is 11.3 Å². The van der Waals surface area contributed by atoms with E-state index in [2.05, 4.69) is 10.1 Å². The van der Waals surface area contributed by atoms with Gasteiger partial charge in [0.05, 0.1) is 6.20 Å². The Kier molecular flexibility index (Phi) is 2.20. The molecule has 0 saturated carbocycles. The molecule has 0 saturated heterocycles. The largest absolute Gasteiger partial charge is 0.454 e. The highest BCUT2D eigenvalue weighted by Gasteiger charge is 2.12. The maximum absolute atomic E-state index is 5.79. The molecule has 5 nitrogen and oxygen atoms in total. The van der Waals surface area contributed by atoms with Gasteiger partial charge in [-0.1, -0.05) is 29.5 Å². The van der Waals surface area contributed by atoms with E-state index in [-0.39, 0.29) is 0 Å². The van der Waals surface area contributed by atoms with Crippen molar-refractivity contribution in [3.05, 3.63) is 41.5 Å². The molecular weight excluding hydrogens is 260 g/mol. The zero-order valence-electron chi connectivity index (χ0n) is 9.91. The number of imidazole rings is 1. The quantitative estimate of drug-likeness (QED) is 0.608. The Morgan fingerprint density at radius 2 is 2.21 bits per heavy atom. The van der Waals surface area contributed by atoms with Crippen LogP contribution < -0.4 is 5.73 Å². The van der Waals surface area contributed by atoms with Gasteiger partial charge < -0.3 is 10.2 Å². The molecule has 0 unspecified atom stereocenters. The van der Waals surface area contributed by atoms with Gasteiger partial charge in [0, 0.05) is 11.9 Å². The van der Waals surface area contributed by atoms with Crippen LogP contribution in [0, 0.1) is 0 Å². The van der Waals surface area contributed by atoms with Crippen LogP contribution in [-0.4, -0.2) is 14.6 Å². The Morgan fingerprint density at radius 1 is 1.32 bits per heavy atom. The number of nitrogens with zero attached hydrogens (tertiary/aromatic N) is 3. The second-order valence-corrected chi connectivity index (χ2v) is 5.24. The van der Waals surface area contributed by atoms with Crippen LogP contribution in [-0.2, 0) is 6.54 Å². The van der Waals surface area contributed by atoms with Crippen LogP contribution in [0.25, 0.3) is 27.4 Å². The smallest absolute Gasteiger partial charge is 0.212 e. The van der Waals surface area contributed by atoms with Gasteiger partial charge >= 0.3 is 0 Å². The first-order valence-electron chi connectivity index (χ1n) is 5.87. The van der Waals surface area contributed by atoms with Crippen molar-refractivity contribution in [3.63, 3.8) is 0 Å². The average molecular weight is 270 g/mol. The molecule has 0 aliphatic rings. The molecule has 6 heteroatoms. The van der Waals surface area contributed by atoms with Gasteiger partial charge in [-0.05, 0) is 12.1 Å². The van der Waals surface area contributed by atoms with Gasteiger partial charge in [-0.2, -0.15) is 5.10 Å². The molecule has 0 aliphatic carbocycles. The van der Waals surface area contributed by atoms with Gasteiger partial charge in [-0.25, -0.2) is 9.50 Å². The maximum atomic E-state index is 5.79. The summed E-state index contributed by atoms with van der Waals surface area (Å²) in [6.07, 6.45) is 1.86. The number of hydrogen-bond donors (Lipinski definition) is 1. The minimum Gasteiger partial charge on any atom is -0.454 e. The van der Waals surface area contributed by atoms with Crippen molar-refractivity contribution < 1.29 is 4.42 Å². The first-order valence-corrected chi connectivity index (χ1v) is 6.69. The zero-order chi connectivity index (χ0) is 12.8. The number of nitrogens with two attached hydrogens (primary N) is 1. The van der Waals surface area contributed by atoms with Gasteiger partial charge in [-0.3, -0.25) is 0 Å². The first kappa shape index (κ1) is 10.7. The fourth-order valence-electron chi connectivity index (χ4n) is 2.05. The third-order valence-corrected chi connectivity index (χ3v) is 3.88. The third kappa shape index (κ3) is 1.65. The lowest BCUT2D eigenvalue weighted by molar-refractivity contribution is 0.629. The van der Waals surface area contributed by atoms with Gasteiger partial charge in [0.25, 0.3) is 0 Å². The molecule has 2 N–H and O–H groups in total. The van der Waals surface area contributed by atoms with Crippen LogP contribution in [0.4, 0.5) is 0 Å². The summed E-state index contributed by atoms with van der Waals surface area (Å²) in [5.74, 6) is 0.758. The fourth-order valence-corrected chi connectivity index (χ4v) is 2.80. The Bertz CT molecular complexity index is 809. The number of rotatable bonds is 2. The normalized spacial score (nSPS) is 11.6. The van der Waals surface area contributed by atoms with Crippen molar-refractivity contribution in [2.75, 3.05) is 0 Å². The van der Waals surface area contributed by atoms with Gasteiger partial charge in [0.1, 0.15) is 16.3 Å². The van der Waals surface area contributed by atoms with Crippen molar-refractivity contribution in [1.29, 1.82) is 0 Å². The van der Waals surface area contributed by atoms with Crippen LogP contribution in [0.5, 0.6) is 0 Å². The second-order valence-electron chi connectivity index (χ2n) is 4.20. The summed E-state index contributed by atoms with van der Waals surface area (Å²) in [6, 6.07) is 9.90. The fraction of sp³-hybridized carbons (Fsp3) is 0.0769. The molecule has 1 aromatic carbocycles. The number of fused-ring (bicyclic) bond motifs is 2. The third-order valence-electron chi connectivity index (χ3n) is 2.94. The lowest BCUT2D eigenvalue weighted by Gasteiger charge is -1.87. The molecule has 0 aliphatic heterocycles. The predicted molar refractivity (Wildman–Crippen MR) is 74.0 cm³/mol. The van der Waals surface area contributed by atoms with E-state index < -0.39 is 0 Å². The number of aromatic nitrogens is 3. The molecular formula is C13H10N4OS. The zero-order valence-corrected chi connectivity index (χ0v) is 10.7. The average Bonchev–Trinajstić information content (AvgIpc) is 3.09. The second kappa shape index (κ2) is 3.91. The molecule has 0 spiro atoms. The highest BCUT2D eigenvalue weighted by Crippen LogP contribution is 2.28. The first-order chi connectivity index (χ1) is 9.33. The van der Waals surface area contributed by atoms with E-state index in [1.807, 2.05) is 36.5 Å². The van der Waals surface area contributed by atoms with Gasteiger partial charge in [-0.15, -0.1) is 0 Å². The monoisotopic (exact) mass is 270 g/mol. The molecule has 0 fully saturated rings. The number of para-hydroxylation sites is 1. The highest BCUT2D eigenvalue weighted by atomic mass is 32.1. The van der Waals surface area contributed by atoms with E-state index in [0.29, 0.717) is 6.54 Å². The summed E-state index contributed by atoms with van der Waals surface area (Å²) >= 11 is 1.49. The van der Waals surface area contributed by atoms with E-state index >= 15 is 0 Å². The number of benzene rings is 1. The molecule has 3 aromatic heterocycles. The standard InChI is InChI=1S/C13H10N4OS/c14-6-12-16-17-7-9(15-13(17)19-12)11-5-8-3-1-2-4-10(8)18-11/h1-5,7H,6,14H2. The van der Waals surface area contributed by atoms with Crippen LogP contribution in [0.3, 0.4) is 0 Å². The minimum absolute atomic E-state index is 0.438. The van der Waals surface area contributed by atoms with Gasteiger partial charge in [0.2, 0.25) is 4.96 Å². The molecule has 0 bridgehead atoms. The van der Waals surface area contributed by atoms with Crippen molar-refractivity contribution >= 4 is 27.3 Å². The van der Waals surface area contributed by atoms with E-state index in [1.165, 1.54) is 11.3 Å². The summed E-state index contributed by atoms with van der Waals surface area (Å²) < 4.78 is 7.53. The van der Waals surface area contributed by atoms with E-state index in [4.69, 9.17) is 10.2 Å². The van der Waals surface area contributed by atoms with Crippen LogP contribution in [0.2, 0.25) is 0 Å². The van der Waals surface area contributed by atoms with Crippen molar-refractivity contribution in [2.24, 2.45) is 5.73 Å². The minimum atomic E-state index is 0.438. The molecule has 0 radical (unpaired) electrons. The maximum Gasteiger partial charge on any atom is 0.212 e. The SMILES string of the molecule is NCc1nn2cc(-c3cc4ccccc4o3)nc2s1. The predicted octanol–water partition coefficient (Wildman–Crippen LogP) is 2.66.